The maximum absolute atomic E-state index is 11.7. The highest BCUT2D eigenvalue weighted by Crippen LogP contribution is 2.13. The van der Waals surface area contributed by atoms with Crippen molar-refractivity contribution < 1.29 is 21.6 Å². The van der Waals surface area contributed by atoms with Gasteiger partial charge in [-0.2, -0.15) is 0 Å². The summed E-state index contributed by atoms with van der Waals surface area (Å²) < 4.78 is 52.4. The number of nitrogens with two attached hydrogens (primary N) is 1. The molecule has 1 aromatic carbocycles. The molecular weight excluding hydrogens is 304 g/mol. The summed E-state index contributed by atoms with van der Waals surface area (Å²) in [4.78, 5) is 0. The lowest BCUT2D eigenvalue weighted by atomic mass is 10.2. The van der Waals surface area contributed by atoms with Crippen LogP contribution in [0, 0.1) is 0 Å². The number of nitrogens with one attached hydrogen (secondary N) is 1. The summed E-state index contributed by atoms with van der Waals surface area (Å²) in [5.41, 5.74) is 0.871. The van der Waals surface area contributed by atoms with Gasteiger partial charge in [0.2, 0.25) is 20.0 Å². The number of sulfonamides is 2. The van der Waals surface area contributed by atoms with Gasteiger partial charge in [-0.25, -0.2) is 22.0 Å². The maximum Gasteiger partial charge on any atom is 0.232 e. The summed E-state index contributed by atoms with van der Waals surface area (Å²) >= 11 is 0. The first-order valence-corrected chi connectivity index (χ1v) is 9.17. The van der Waals surface area contributed by atoms with Crippen molar-refractivity contribution in [2.45, 2.75) is 12.2 Å². The minimum absolute atomic E-state index is 0.0419. The van der Waals surface area contributed by atoms with Gasteiger partial charge in [-0.05, 0) is 24.1 Å². The van der Waals surface area contributed by atoms with Crippen molar-refractivity contribution in [3.05, 3.63) is 29.8 Å². The van der Waals surface area contributed by atoms with Gasteiger partial charge < -0.3 is 4.74 Å². The van der Waals surface area contributed by atoms with Crippen LogP contribution < -0.4 is 9.86 Å². The molecule has 114 valence electrons. The highest BCUT2D eigenvalue weighted by Gasteiger charge is 2.10. The Labute approximate surface area is 119 Å². The van der Waals surface area contributed by atoms with Crippen molar-refractivity contribution in [3.63, 3.8) is 0 Å². The molecule has 0 amide bonds. The van der Waals surface area contributed by atoms with Gasteiger partial charge in [-0.15, -0.1) is 0 Å². The predicted octanol–water partition coefficient (Wildman–Crippen LogP) is 0.253. The fourth-order valence-electron chi connectivity index (χ4n) is 1.53. The van der Waals surface area contributed by atoms with E-state index in [0.29, 0.717) is 24.3 Å². The van der Waals surface area contributed by atoms with Crippen LogP contribution in [0.3, 0.4) is 0 Å². The second kappa shape index (κ2) is 7.02. The van der Waals surface area contributed by atoms with E-state index in [2.05, 4.69) is 4.72 Å². The van der Waals surface area contributed by atoms with Crippen molar-refractivity contribution >= 4 is 25.7 Å². The van der Waals surface area contributed by atoms with E-state index < -0.39 is 20.0 Å². The van der Waals surface area contributed by atoms with E-state index >= 15 is 0 Å². The molecule has 1 rings (SSSR count). The maximum atomic E-state index is 11.7. The number of ether oxygens (including phenoxy) is 1. The number of hydrogen-bond acceptors (Lipinski definition) is 5. The minimum Gasteiger partial charge on any atom is -0.385 e. The smallest absolute Gasteiger partial charge is 0.232 e. The zero-order valence-electron chi connectivity index (χ0n) is 11.1. The molecule has 20 heavy (non-hydrogen) atoms. The quantitative estimate of drug-likeness (QED) is 0.666. The van der Waals surface area contributed by atoms with Gasteiger partial charge in [0.1, 0.15) is 0 Å². The highest BCUT2D eigenvalue weighted by atomic mass is 32.2. The van der Waals surface area contributed by atoms with Gasteiger partial charge in [0, 0.05) is 19.4 Å². The van der Waals surface area contributed by atoms with E-state index in [1.165, 1.54) is 31.4 Å². The van der Waals surface area contributed by atoms with Gasteiger partial charge in [-0.1, -0.05) is 12.1 Å². The molecular formula is C11H18N2O5S2. The van der Waals surface area contributed by atoms with E-state index in [0.717, 1.165) is 0 Å². The lowest BCUT2D eigenvalue weighted by Crippen LogP contribution is -2.18. The number of methoxy groups -OCH3 is 1. The molecule has 0 aromatic heterocycles. The molecule has 3 N–H and O–H groups in total. The molecule has 0 aliphatic heterocycles. The van der Waals surface area contributed by atoms with E-state index in [1.54, 1.807) is 0 Å². The molecule has 0 radical (unpaired) electrons. The average Bonchev–Trinajstić information content (AvgIpc) is 2.30. The first-order valence-electron chi connectivity index (χ1n) is 5.81. The second-order valence-electron chi connectivity index (χ2n) is 4.27. The third-order valence-corrected chi connectivity index (χ3v) is 4.47. The Morgan fingerprint density at radius 3 is 2.25 bits per heavy atom. The van der Waals surface area contributed by atoms with Gasteiger partial charge in [-0.3, -0.25) is 4.72 Å². The molecule has 0 aliphatic rings. The molecule has 7 nitrogen and oxygen atoms in total. The monoisotopic (exact) mass is 322 g/mol. The summed E-state index contributed by atoms with van der Waals surface area (Å²) in [5.74, 6) is -0.326. The largest absolute Gasteiger partial charge is 0.385 e. The Balaban J connectivity index is 2.65. The fourth-order valence-corrected chi connectivity index (χ4v) is 3.28. The van der Waals surface area contributed by atoms with Crippen LogP contribution in [0.5, 0.6) is 0 Å². The standard InChI is InChI=1S/C11H18N2O5S2/c1-18-7-2-8-20(16,17)13-11-5-3-10(4-6-11)9-19(12,14)15/h3-6,13H,2,7-9H2,1H3,(H2,12,14,15). The van der Waals surface area contributed by atoms with Crippen LogP contribution in [0.4, 0.5) is 5.69 Å². The number of hydrogen-bond donors (Lipinski definition) is 2. The normalized spacial score (nSPS) is 12.3. The zero-order chi connectivity index (χ0) is 15.2. The second-order valence-corrected chi connectivity index (χ2v) is 7.73. The first kappa shape index (κ1) is 16.9. The van der Waals surface area contributed by atoms with Crippen LogP contribution in [-0.4, -0.2) is 36.3 Å². The van der Waals surface area contributed by atoms with E-state index in [-0.39, 0.29) is 11.5 Å². The number of anilines is 1. The average molecular weight is 322 g/mol. The Morgan fingerprint density at radius 1 is 1.15 bits per heavy atom. The molecule has 0 atom stereocenters. The summed E-state index contributed by atoms with van der Waals surface area (Å²) in [5, 5.41) is 4.92. The van der Waals surface area contributed by atoms with Crippen molar-refractivity contribution in [1.82, 2.24) is 0 Å². The lowest BCUT2D eigenvalue weighted by molar-refractivity contribution is 0.199. The molecule has 0 saturated carbocycles. The third kappa shape index (κ3) is 6.85. The summed E-state index contributed by atoms with van der Waals surface area (Å²) in [6.45, 7) is 0.369. The predicted molar refractivity (Wildman–Crippen MR) is 77.2 cm³/mol. The van der Waals surface area contributed by atoms with E-state index in [1.807, 2.05) is 0 Å². The molecule has 0 bridgehead atoms. The first-order chi connectivity index (χ1) is 9.22. The number of rotatable bonds is 8. The molecule has 0 fully saturated rings. The number of benzene rings is 1. The highest BCUT2D eigenvalue weighted by molar-refractivity contribution is 7.92. The van der Waals surface area contributed by atoms with E-state index in [9.17, 15) is 16.8 Å². The Kier molecular flexibility index (Phi) is 5.93. The van der Waals surface area contributed by atoms with Crippen LogP contribution in [0.1, 0.15) is 12.0 Å². The molecule has 0 spiro atoms. The van der Waals surface area contributed by atoms with Crippen LogP contribution in [0.15, 0.2) is 24.3 Å². The number of primary sulfonamides is 1. The zero-order valence-corrected chi connectivity index (χ0v) is 12.7. The molecule has 1 aromatic rings. The van der Waals surface area contributed by atoms with Crippen molar-refractivity contribution in [3.8, 4) is 0 Å². The van der Waals surface area contributed by atoms with Gasteiger partial charge in [0.15, 0.2) is 0 Å². The summed E-state index contributed by atoms with van der Waals surface area (Å²) in [6, 6.07) is 6.01. The van der Waals surface area contributed by atoms with E-state index in [4.69, 9.17) is 9.88 Å². The topological polar surface area (TPSA) is 116 Å². The Morgan fingerprint density at radius 2 is 1.75 bits per heavy atom. The minimum atomic E-state index is -3.59. The SMILES string of the molecule is COCCCS(=O)(=O)Nc1ccc(CS(N)(=O)=O)cc1. The molecule has 9 heteroatoms. The fraction of sp³-hybridized carbons (Fsp3) is 0.455. The molecule has 0 saturated heterocycles. The van der Waals surface area contributed by atoms with Crippen molar-refractivity contribution in [2.75, 3.05) is 24.2 Å². The van der Waals surface area contributed by atoms with Crippen LogP contribution in [-0.2, 0) is 30.5 Å². The molecule has 0 heterocycles. The molecule has 0 unspecified atom stereocenters. The van der Waals surface area contributed by atoms with Gasteiger partial charge >= 0.3 is 0 Å². The Hall–Kier alpha value is -1.16. The van der Waals surface area contributed by atoms with Crippen molar-refractivity contribution in [1.29, 1.82) is 0 Å². The Bertz CT molecular complexity index is 623. The van der Waals surface area contributed by atoms with Crippen molar-refractivity contribution in [2.24, 2.45) is 5.14 Å². The van der Waals surface area contributed by atoms with Gasteiger partial charge in [0.25, 0.3) is 0 Å². The third-order valence-electron chi connectivity index (χ3n) is 2.36. The van der Waals surface area contributed by atoms with Crippen LogP contribution in [0.2, 0.25) is 0 Å². The molecule has 0 aliphatic carbocycles. The summed E-state index contributed by atoms with van der Waals surface area (Å²) in [7, 11) is -5.52. The van der Waals surface area contributed by atoms with Gasteiger partial charge in [0.05, 0.1) is 11.5 Å². The lowest BCUT2D eigenvalue weighted by Gasteiger charge is -2.08. The van der Waals surface area contributed by atoms with Crippen LogP contribution in [0.25, 0.3) is 0 Å². The summed E-state index contributed by atoms with van der Waals surface area (Å²) in [6.07, 6.45) is 0.398. The van der Waals surface area contributed by atoms with Crippen LogP contribution >= 0.6 is 0 Å².